The molecule has 9 nitrogen and oxygen atoms in total. The Balaban J connectivity index is 1.45. The first-order chi connectivity index (χ1) is 16.6. The molecule has 1 saturated carbocycles. The lowest BCUT2D eigenvalue weighted by Crippen LogP contribution is -2.46. The van der Waals surface area contributed by atoms with Gasteiger partial charge in [-0.05, 0) is 97.9 Å². The van der Waals surface area contributed by atoms with Crippen LogP contribution in [-0.2, 0) is 19.6 Å². The smallest absolute Gasteiger partial charge is 0.407 e. The zero-order valence-electron chi connectivity index (χ0n) is 22.4. The zero-order valence-corrected chi connectivity index (χ0v) is 23.2. The summed E-state index contributed by atoms with van der Waals surface area (Å²) in [4.78, 5) is 27.0. The van der Waals surface area contributed by atoms with Crippen molar-refractivity contribution in [1.29, 1.82) is 0 Å². The summed E-state index contributed by atoms with van der Waals surface area (Å²) in [5.74, 6) is -0.152. The third kappa shape index (κ3) is 7.83. The van der Waals surface area contributed by atoms with Crippen LogP contribution in [0.3, 0.4) is 0 Å². The summed E-state index contributed by atoms with van der Waals surface area (Å²) in [5, 5.41) is 5.94. The molecule has 1 aliphatic carbocycles. The summed E-state index contributed by atoms with van der Waals surface area (Å²) >= 11 is 0. The lowest BCUT2D eigenvalue weighted by atomic mass is 9.86. The normalized spacial score (nSPS) is 23.3. The quantitative estimate of drug-likeness (QED) is 0.520. The van der Waals surface area contributed by atoms with Crippen molar-refractivity contribution in [1.82, 2.24) is 10.0 Å². The van der Waals surface area contributed by atoms with Gasteiger partial charge in [-0.25, -0.2) is 17.9 Å². The molecule has 1 heterocycles. The second-order valence-electron chi connectivity index (χ2n) is 11.9. The van der Waals surface area contributed by atoms with Crippen LogP contribution in [0.5, 0.6) is 0 Å². The number of hydrogen-bond donors (Lipinski definition) is 3. The Bertz CT molecular complexity index is 1020. The molecule has 10 heteroatoms. The molecule has 3 N–H and O–H groups in total. The van der Waals surface area contributed by atoms with Gasteiger partial charge in [0, 0.05) is 36.4 Å². The summed E-state index contributed by atoms with van der Waals surface area (Å²) in [5.41, 5.74) is 1.25. The second-order valence-corrected chi connectivity index (χ2v) is 14.4. The van der Waals surface area contributed by atoms with E-state index in [1.165, 1.54) is 0 Å². The number of carbonyl (C=O) groups excluding carboxylic acids is 2. The van der Waals surface area contributed by atoms with Crippen molar-refractivity contribution in [3.05, 3.63) is 24.3 Å². The van der Waals surface area contributed by atoms with Crippen LogP contribution >= 0.6 is 0 Å². The van der Waals surface area contributed by atoms with Gasteiger partial charge in [-0.2, -0.15) is 0 Å². The topological polar surface area (TPSA) is 117 Å². The van der Waals surface area contributed by atoms with Crippen molar-refractivity contribution in [3.63, 3.8) is 0 Å². The second kappa shape index (κ2) is 11.0. The minimum absolute atomic E-state index is 0.0253. The number of hydrogen-bond acceptors (Lipinski definition) is 6. The average Bonchev–Trinajstić information content (AvgIpc) is 3.20. The van der Waals surface area contributed by atoms with Crippen LogP contribution in [0.1, 0.15) is 73.6 Å². The van der Waals surface area contributed by atoms with E-state index in [0.29, 0.717) is 32.2 Å². The van der Waals surface area contributed by atoms with E-state index in [0.717, 1.165) is 24.3 Å². The number of nitrogens with one attached hydrogen (secondary N) is 3. The van der Waals surface area contributed by atoms with E-state index >= 15 is 0 Å². The van der Waals surface area contributed by atoms with Crippen LogP contribution < -0.4 is 20.3 Å². The third-order valence-electron chi connectivity index (χ3n) is 6.64. The predicted molar refractivity (Wildman–Crippen MR) is 143 cm³/mol. The van der Waals surface area contributed by atoms with E-state index < -0.39 is 26.5 Å². The number of ether oxygens (including phenoxy) is 1. The number of benzene rings is 1. The molecule has 3 rings (SSSR count). The highest BCUT2D eigenvalue weighted by atomic mass is 32.2. The van der Waals surface area contributed by atoms with Gasteiger partial charge in [-0.1, -0.05) is 0 Å². The van der Waals surface area contributed by atoms with Crippen molar-refractivity contribution < 1.29 is 22.7 Å². The third-order valence-corrected chi connectivity index (χ3v) is 8.89. The molecule has 2 fully saturated rings. The molecule has 0 aromatic heterocycles. The summed E-state index contributed by atoms with van der Waals surface area (Å²) in [6, 6.07) is 7.65. The maximum Gasteiger partial charge on any atom is 0.407 e. The fourth-order valence-electron chi connectivity index (χ4n) is 4.46. The van der Waals surface area contributed by atoms with Crippen molar-refractivity contribution in [2.24, 2.45) is 5.92 Å². The summed E-state index contributed by atoms with van der Waals surface area (Å²) in [6.45, 7) is 12.1. The number of anilines is 2. The summed E-state index contributed by atoms with van der Waals surface area (Å²) < 4.78 is 32.1. The molecule has 2 amide bonds. The largest absolute Gasteiger partial charge is 0.444 e. The van der Waals surface area contributed by atoms with Crippen molar-refractivity contribution in [2.75, 3.05) is 23.3 Å². The molecule has 0 spiro atoms. The molecule has 2 aliphatic rings. The minimum Gasteiger partial charge on any atom is -0.444 e. The highest BCUT2D eigenvalue weighted by Crippen LogP contribution is 2.28. The molecule has 202 valence electrons. The molecular formula is C26H42N4O5S. The number of carbonyl (C=O) groups is 2. The summed E-state index contributed by atoms with van der Waals surface area (Å²) in [7, 11) is -3.39. The van der Waals surface area contributed by atoms with Crippen LogP contribution in [0, 0.1) is 5.92 Å². The van der Waals surface area contributed by atoms with Crippen molar-refractivity contribution >= 4 is 33.4 Å². The predicted octanol–water partition coefficient (Wildman–Crippen LogP) is 4.01. The van der Waals surface area contributed by atoms with E-state index in [1.807, 2.05) is 45.0 Å². The molecule has 0 radical (unpaired) electrons. The van der Waals surface area contributed by atoms with Crippen LogP contribution in [0.2, 0.25) is 0 Å². The Hall–Kier alpha value is -2.33. The fourth-order valence-corrected chi connectivity index (χ4v) is 5.48. The van der Waals surface area contributed by atoms with E-state index in [4.69, 9.17) is 4.74 Å². The Morgan fingerprint density at radius 1 is 0.917 bits per heavy atom. The van der Waals surface area contributed by atoms with E-state index in [9.17, 15) is 18.0 Å². The van der Waals surface area contributed by atoms with Gasteiger partial charge in [0.25, 0.3) is 0 Å². The van der Waals surface area contributed by atoms with Crippen LogP contribution in [0.25, 0.3) is 0 Å². The van der Waals surface area contributed by atoms with Gasteiger partial charge in [0.1, 0.15) is 5.60 Å². The number of rotatable bonds is 6. The van der Waals surface area contributed by atoms with Gasteiger partial charge >= 0.3 is 6.09 Å². The zero-order chi connectivity index (χ0) is 26.7. The van der Waals surface area contributed by atoms with Crippen LogP contribution in [0.15, 0.2) is 24.3 Å². The molecule has 1 aliphatic heterocycles. The molecule has 0 bridgehead atoms. The lowest BCUT2D eigenvalue weighted by Gasteiger charge is -2.30. The molecular weight excluding hydrogens is 480 g/mol. The molecule has 1 saturated heterocycles. The number of nitrogens with zero attached hydrogens (tertiary/aromatic N) is 1. The molecule has 1 aromatic rings. The average molecular weight is 523 g/mol. The van der Waals surface area contributed by atoms with E-state index in [-0.39, 0.29) is 23.9 Å². The van der Waals surface area contributed by atoms with Gasteiger partial charge < -0.3 is 20.3 Å². The van der Waals surface area contributed by atoms with Gasteiger partial charge in [0.05, 0.1) is 10.8 Å². The van der Waals surface area contributed by atoms with Gasteiger partial charge in [-0.15, -0.1) is 0 Å². The lowest BCUT2D eigenvalue weighted by molar-refractivity contribution is -0.120. The van der Waals surface area contributed by atoms with Crippen molar-refractivity contribution in [2.45, 2.75) is 96.1 Å². The molecule has 1 aromatic carbocycles. The molecule has 1 unspecified atom stereocenters. The fraction of sp³-hybridized carbons (Fsp3) is 0.692. The Morgan fingerprint density at radius 2 is 1.53 bits per heavy atom. The Labute approximate surface area is 215 Å². The maximum absolute atomic E-state index is 12.8. The highest BCUT2D eigenvalue weighted by molar-refractivity contribution is 7.90. The van der Waals surface area contributed by atoms with E-state index in [2.05, 4.69) is 20.3 Å². The standard InChI is InChI=1S/C26H42N4O5S/c1-25(2,3)35-24(32)28-21-15-16-30(17-21)22-13-11-19(12-14-22)27-23(31)18-7-9-20(10-8-18)29-36(33,34)26(4,5)6/h11-14,18,20-21,29H,7-10,15-17H2,1-6H3,(H,27,31)(H,28,32). The maximum atomic E-state index is 12.8. The minimum atomic E-state index is -3.39. The van der Waals surface area contributed by atoms with Crippen molar-refractivity contribution in [3.8, 4) is 0 Å². The Morgan fingerprint density at radius 3 is 2.08 bits per heavy atom. The molecule has 36 heavy (non-hydrogen) atoms. The first-order valence-corrected chi connectivity index (χ1v) is 14.3. The highest BCUT2D eigenvalue weighted by Gasteiger charge is 2.34. The number of amides is 2. The van der Waals surface area contributed by atoms with Gasteiger partial charge in [0.2, 0.25) is 15.9 Å². The van der Waals surface area contributed by atoms with Gasteiger partial charge in [0.15, 0.2) is 0 Å². The molecule has 1 atom stereocenters. The van der Waals surface area contributed by atoms with Crippen LogP contribution in [0.4, 0.5) is 16.2 Å². The van der Waals surface area contributed by atoms with E-state index in [1.54, 1.807) is 20.8 Å². The van der Waals surface area contributed by atoms with Crippen LogP contribution in [-0.4, -0.2) is 55.9 Å². The Kier molecular flexibility index (Phi) is 8.60. The SMILES string of the molecule is CC(C)(C)OC(=O)NC1CCN(c2ccc(NC(=O)C3CCC(NS(=O)(=O)C(C)(C)C)CC3)cc2)C1. The monoisotopic (exact) mass is 522 g/mol. The summed E-state index contributed by atoms with van der Waals surface area (Å²) in [6.07, 6.45) is 3.06. The number of alkyl carbamates (subject to hydrolysis) is 1. The first kappa shape index (κ1) is 28.2. The first-order valence-electron chi connectivity index (χ1n) is 12.8. The van der Waals surface area contributed by atoms with Gasteiger partial charge in [-0.3, -0.25) is 4.79 Å². The number of sulfonamides is 1.